The van der Waals surface area contributed by atoms with Gasteiger partial charge in [-0.3, -0.25) is 4.79 Å². The van der Waals surface area contributed by atoms with Gasteiger partial charge in [0.1, 0.15) is 0 Å². The highest BCUT2D eigenvalue weighted by Gasteiger charge is 2.29. The summed E-state index contributed by atoms with van der Waals surface area (Å²) in [6.45, 7) is 0.407. The Morgan fingerprint density at radius 2 is 2.18 bits per heavy atom. The van der Waals surface area contributed by atoms with E-state index in [1.54, 1.807) is 20.3 Å². The second kappa shape index (κ2) is 4.63. The number of anilines is 1. The van der Waals surface area contributed by atoms with Gasteiger partial charge in [0.05, 0.1) is 14.2 Å². The van der Waals surface area contributed by atoms with Gasteiger partial charge in [0, 0.05) is 23.6 Å². The van der Waals surface area contributed by atoms with Crippen LogP contribution >= 0.6 is 0 Å². The molecule has 0 aliphatic carbocycles. The van der Waals surface area contributed by atoms with Crippen LogP contribution in [0.25, 0.3) is 0 Å². The molecule has 17 heavy (non-hydrogen) atoms. The minimum atomic E-state index is -0.0243. The summed E-state index contributed by atoms with van der Waals surface area (Å²) < 4.78 is 10.6. The first-order valence-corrected chi connectivity index (χ1v) is 5.46. The fraction of sp³-hybridized carbons (Fsp3) is 0.417. The van der Waals surface area contributed by atoms with Crippen LogP contribution in [0.5, 0.6) is 11.5 Å². The van der Waals surface area contributed by atoms with Gasteiger partial charge in [-0.25, -0.2) is 0 Å². The fourth-order valence-electron chi connectivity index (χ4n) is 2.19. The lowest BCUT2D eigenvalue weighted by molar-refractivity contribution is -0.116. The summed E-state index contributed by atoms with van der Waals surface area (Å²) in [6.07, 6.45) is 0.382. The first-order chi connectivity index (χ1) is 8.21. The van der Waals surface area contributed by atoms with E-state index < -0.39 is 0 Å². The number of carbonyl (C=O) groups is 1. The average Bonchev–Trinajstić information content (AvgIpc) is 2.36. The molecule has 0 radical (unpaired) electrons. The third-order valence-corrected chi connectivity index (χ3v) is 2.98. The number of fused-ring (bicyclic) bond motifs is 1. The molecule has 0 saturated heterocycles. The van der Waals surface area contributed by atoms with Gasteiger partial charge in [-0.2, -0.15) is 0 Å². The predicted octanol–water partition coefficient (Wildman–Crippen LogP) is 1.09. The van der Waals surface area contributed by atoms with Crippen LogP contribution in [0.1, 0.15) is 17.9 Å². The largest absolute Gasteiger partial charge is 0.493 e. The fourth-order valence-corrected chi connectivity index (χ4v) is 2.19. The molecular formula is C12H16N2O3. The van der Waals surface area contributed by atoms with E-state index >= 15 is 0 Å². The third-order valence-electron chi connectivity index (χ3n) is 2.98. The number of hydrogen-bond donors (Lipinski definition) is 2. The monoisotopic (exact) mass is 236 g/mol. The van der Waals surface area contributed by atoms with Crippen LogP contribution in [0.2, 0.25) is 0 Å². The number of methoxy groups -OCH3 is 2. The zero-order valence-electron chi connectivity index (χ0n) is 9.95. The average molecular weight is 236 g/mol. The molecule has 0 saturated carbocycles. The molecule has 1 aliphatic rings. The highest BCUT2D eigenvalue weighted by Crippen LogP contribution is 2.43. The van der Waals surface area contributed by atoms with Crippen LogP contribution in [-0.2, 0) is 4.79 Å². The van der Waals surface area contributed by atoms with Crippen LogP contribution in [-0.4, -0.2) is 26.7 Å². The molecule has 0 bridgehead atoms. The maximum absolute atomic E-state index is 11.5. The van der Waals surface area contributed by atoms with Crippen LogP contribution < -0.4 is 20.5 Å². The first kappa shape index (κ1) is 11.7. The second-order valence-corrected chi connectivity index (χ2v) is 3.95. The Kier molecular flexibility index (Phi) is 3.19. The van der Waals surface area contributed by atoms with Crippen molar-refractivity contribution in [3.63, 3.8) is 0 Å². The van der Waals surface area contributed by atoms with Crippen molar-refractivity contribution in [1.82, 2.24) is 0 Å². The van der Waals surface area contributed by atoms with Gasteiger partial charge in [-0.05, 0) is 18.7 Å². The number of rotatable bonds is 3. The molecule has 0 spiro atoms. The van der Waals surface area contributed by atoms with Gasteiger partial charge in [0.25, 0.3) is 0 Å². The molecular weight excluding hydrogens is 220 g/mol. The van der Waals surface area contributed by atoms with Crippen molar-refractivity contribution >= 4 is 11.6 Å². The molecule has 1 unspecified atom stereocenters. The quantitative estimate of drug-likeness (QED) is 0.823. The topological polar surface area (TPSA) is 73.6 Å². The van der Waals surface area contributed by atoms with Crippen molar-refractivity contribution in [1.29, 1.82) is 0 Å². The Hall–Kier alpha value is -1.75. The highest BCUT2D eigenvalue weighted by atomic mass is 16.5. The van der Waals surface area contributed by atoms with Gasteiger partial charge in [0.2, 0.25) is 5.91 Å². The molecule has 2 rings (SSSR count). The minimum Gasteiger partial charge on any atom is -0.493 e. The van der Waals surface area contributed by atoms with E-state index in [2.05, 4.69) is 5.32 Å². The molecule has 3 N–H and O–H groups in total. The van der Waals surface area contributed by atoms with E-state index in [0.29, 0.717) is 24.5 Å². The van der Waals surface area contributed by atoms with E-state index in [0.717, 1.165) is 11.3 Å². The summed E-state index contributed by atoms with van der Waals surface area (Å²) in [5.74, 6) is 1.27. The van der Waals surface area contributed by atoms with E-state index in [9.17, 15) is 4.79 Å². The minimum absolute atomic E-state index is 0.0137. The van der Waals surface area contributed by atoms with Crippen molar-refractivity contribution in [3.8, 4) is 11.5 Å². The molecule has 5 nitrogen and oxygen atoms in total. The predicted molar refractivity (Wildman–Crippen MR) is 64.6 cm³/mol. The maximum Gasteiger partial charge on any atom is 0.225 e. The Morgan fingerprint density at radius 3 is 2.76 bits per heavy atom. The Bertz CT molecular complexity index is 446. The summed E-state index contributed by atoms with van der Waals surface area (Å²) in [5.41, 5.74) is 7.40. The smallest absolute Gasteiger partial charge is 0.225 e. The van der Waals surface area contributed by atoms with Gasteiger partial charge in [0.15, 0.2) is 11.5 Å². The lowest BCUT2D eigenvalue weighted by atomic mass is 9.89. The first-order valence-electron chi connectivity index (χ1n) is 5.46. The third kappa shape index (κ3) is 1.93. The summed E-state index contributed by atoms with van der Waals surface area (Å²) in [5, 5.41) is 2.82. The van der Waals surface area contributed by atoms with Gasteiger partial charge >= 0.3 is 0 Å². The summed E-state index contributed by atoms with van der Waals surface area (Å²) in [4.78, 5) is 11.5. The Balaban J connectivity index is 2.58. The van der Waals surface area contributed by atoms with E-state index in [-0.39, 0.29) is 11.8 Å². The molecule has 1 aromatic rings. The van der Waals surface area contributed by atoms with Gasteiger partial charge in [-0.15, -0.1) is 0 Å². The van der Waals surface area contributed by atoms with Crippen molar-refractivity contribution in [2.45, 2.75) is 12.3 Å². The van der Waals surface area contributed by atoms with Crippen molar-refractivity contribution < 1.29 is 14.3 Å². The van der Waals surface area contributed by atoms with E-state index in [4.69, 9.17) is 15.2 Å². The number of benzene rings is 1. The zero-order chi connectivity index (χ0) is 12.4. The van der Waals surface area contributed by atoms with Gasteiger partial charge < -0.3 is 20.5 Å². The number of ether oxygens (including phenoxy) is 2. The molecule has 1 aromatic carbocycles. The lowest BCUT2D eigenvalue weighted by Crippen LogP contribution is -2.27. The molecule has 1 atom stereocenters. The van der Waals surface area contributed by atoms with E-state index in [1.807, 2.05) is 6.07 Å². The lowest BCUT2D eigenvalue weighted by Gasteiger charge is -2.27. The maximum atomic E-state index is 11.5. The normalized spacial score (nSPS) is 18.3. The Labute approximate surface area is 99.9 Å². The van der Waals surface area contributed by atoms with Crippen LogP contribution in [0, 0.1) is 0 Å². The van der Waals surface area contributed by atoms with Crippen LogP contribution in [0.3, 0.4) is 0 Å². The number of nitrogens with two attached hydrogens (primary N) is 1. The van der Waals surface area contributed by atoms with Crippen molar-refractivity contribution in [3.05, 3.63) is 17.7 Å². The highest BCUT2D eigenvalue weighted by molar-refractivity contribution is 5.95. The summed E-state index contributed by atoms with van der Waals surface area (Å²) >= 11 is 0. The molecule has 0 fully saturated rings. The summed E-state index contributed by atoms with van der Waals surface area (Å²) in [7, 11) is 3.17. The van der Waals surface area contributed by atoms with Crippen LogP contribution in [0.4, 0.5) is 5.69 Å². The molecule has 1 heterocycles. The molecule has 5 heteroatoms. The van der Waals surface area contributed by atoms with Crippen molar-refractivity contribution in [2.24, 2.45) is 5.73 Å². The number of hydrogen-bond acceptors (Lipinski definition) is 4. The van der Waals surface area contributed by atoms with E-state index in [1.165, 1.54) is 0 Å². The van der Waals surface area contributed by atoms with Gasteiger partial charge in [-0.1, -0.05) is 0 Å². The SMILES string of the molecule is COc1ccc2c(c1OC)C(CN)CC(=O)N2. The number of nitrogens with one attached hydrogen (secondary N) is 1. The zero-order valence-corrected chi connectivity index (χ0v) is 9.95. The second-order valence-electron chi connectivity index (χ2n) is 3.95. The number of carbonyl (C=O) groups excluding carboxylic acids is 1. The van der Waals surface area contributed by atoms with Crippen LogP contribution in [0.15, 0.2) is 12.1 Å². The molecule has 1 amide bonds. The summed E-state index contributed by atoms with van der Waals surface area (Å²) in [6, 6.07) is 3.59. The standard InChI is InChI=1S/C12H16N2O3/c1-16-9-4-3-8-11(12(9)17-2)7(6-13)5-10(15)14-8/h3-4,7H,5-6,13H2,1-2H3,(H,14,15). The van der Waals surface area contributed by atoms with Crippen molar-refractivity contribution in [2.75, 3.05) is 26.1 Å². The molecule has 92 valence electrons. The Morgan fingerprint density at radius 1 is 1.41 bits per heavy atom. The number of amides is 1. The molecule has 0 aromatic heterocycles. The molecule has 1 aliphatic heterocycles.